The standard InChI is InChI=1S/C15H22ClN3O/c1-2-4-11-5-3-7-19(8-6-11)15(20)13-9-12(17)10-18-14(13)16/h9-11H,2-8,17H2,1H3. The van der Waals surface area contributed by atoms with Crippen LogP contribution in [0.5, 0.6) is 0 Å². The van der Waals surface area contributed by atoms with Gasteiger partial charge < -0.3 is 10.6 Å². The first kappa shape index (κ1) is 15.1. The molecule has 1 unspecified atom stereocenters. The Kier molecular flexibility index (Phi) is 5.24. The number of rotatable bonds is 3. The number of nitrogens with two attached hydrogens (primary N) is 1. The molecule has 1 amide bonds. The molecule has 110 valence electrons. The van der Waals surface area contributed by atoms with Gasteiger partial charge in [0.2, 0.25) is 0 Å². The molecule has 2 N–H and O–H groups in total. The molecular formula is C15H22ClN3O. The summed E-state index contributed by atoms with van der Waals surface area (Å²) in [5.41, 5.74) is 6.58. The van der Waals surface area contributed by atoms with Crippen molar-refractivity contribution in [2.75, 3.05) is 18.8 Å². The van der Waals surface area contributed by atoms with Crippen LogP contribution in [0.3, 0.4) is 0 Å². The first-order chi connectivity index (χ1) is 9.61. The van der Waals surface area contributed by atoms with E-state index in [1.807, 2.05) is 4.90 Å². The molecule has 0 saturated carbocycles. The molecule has 1 aliphatic heterocycles. The van der Waals surface area contributed by atoms with Crippen molar-refractivity contribution < 1.29 is 4.79 Å². The van der Waals surface area contributed by atoms with E-state index < -0.39 is 0 Å². The molecule has 1 aliphatic rings. The van der Waals surface area contributed by atoms with Crippen LogP contribution in [0, 0.1) is 5.92 Å². The van der Waals surface area contributed by atoms with Crippen molar-refractivity contribution >= 4 is 23.2 Å². The maximum atomic E-state index is 12.5. The Morgan fingerprint density at radius 1 is 1.50 bits per heavy atom. The number of nitrogens with zero attached hydrogens (tertiary/aromatic N) is 2. The van der Waals surface area contributed by atoms with E-state index in [0.29, 0.717) is 11.3 Å². The Morgan fingerprint density at radius 3 is 3.05 bits per heavy atom. The number of likely N-dealkylation sites (tertiary alicyclic amines) is 1. The summed E-state index contributed by atoms with van der Waals surface area (Å²) in [4.78, 5) is 18.4. The minimum atomic E-state index is -0.0491. The summed E-state index contributed by atoms with van der Waals surface area (Å²) in [7, 11) is 0. The number of amides is 1. The van der Waals surface area contributed by atoms with Gasteiger partial charge in [0.05, 0.1) is 17.4 Å². The lowest BCUT2D eigenvalue weighted by molar-refractivity contribution is 0.0759. The van der Waals surface area contributed by atoms with E-state index >= 15 is 0 Å². The fourth-order valence-electron chi connectivity index (χ4n) is 2.85. The molecule has 1 fully saturated rings. The van der Waals surface area contributed by atoms with Crippen molar-refractivity contribution in [1.29, 1.82) is 0 Å². The Balaban J connectivity index is 2.07. The zero-order valence-corrected chi connectivity index (χ0v) is 12.7. The van der Waals surface area contributed by atoms with Gasteiger partial charge in [-0.15, -0.1) is 0 Å². The summed E-state index contributed by atoms with van der Waals surface area (Å²) in [5.74, 6) is 0.694. The summed E-state index contributed by atoms with van der Waals surface area (Å²) >= 11 is 6.02. The predicted molar refractivity (Wildman–Crippen MR) is 81.8 cm³/mol. The molecule has 1 saturated heterocycles. The lowest BCUT2D eigenvalue weighted by atomic mass is 9.96. The van der Waals surface area contributed by atoms with E-state index in [1.54, 1.807) is 6.07 Å². The molecule has 1 atom stereocenters. The third-order valence-electron chi connectivity index (χ3n) is 3.92. The second-order valence-electron chi connectivity index (χ2n) is 5.48. The van der Waals surface area contributed by atoms with Crippen molar-refractivity contribution in [1.82, 2.24) is 9.88 Å². The molecule has 1 aromatic rings. The van der Waals surface area contributed by atoms with Crippen LogP contribution in [0.15, 0.2) is 12.3 Å². The van der Waals surface area contributed by atoms with Gasteiger partial charge in [-0.2, -0.15) is 0 Å². The molecule has 4 nitrogen and oxygen atoms in total. The minimum Gasteiger partial charge on any atom is -0.397 e. The molecule has 0 aliphatic carbocycles. The maximum Gasteiger partial charge on any atom is 0.257 e. The normalized spacial score (nSPS) is 19.7. The molecule has 2 heterocycles. The fourth-order valence-corrected chi connectivity index (χ4v) is 3.03. The van der Waals surface area contributed by atoms with Crippen LogP contribution in [0.25, 0.3) is 0 Å². The van der Waals surface area contributed by atoms with Gasteiger partial charge in [-0.05, 0) is 31.2 Å². The SMILES string of the molecule is CCCC1CCCN(C(=O)c2cc(N)cnc2Cl)CC1. The van der Waals surface area contributed by atoms with Gasteiger partial charge in [0, 0.05) is 13.1 Å². The number of anilines is 1. The summed E-state index contributed by atoms with van der Waals surface area (Å²) in [6, 6.07) is 1.62. The topological polar surface area (TPSA) is 59.2 Å². The summed E-state index contributed by atoms with van der Waals surface area (Å²) < 4.78 is 0. The van der Waals surface area contributed by atoms with Crippen molar-refractivity contribution in [2.24, 2.45) is 5.92 Å². The van der Waals surface area contributed by atoms with E-state index in [0.717, 1.165) is 31.8 Å². The smallest absolute Gasteiger partial charge is 0.257 e. The van der Waals surface area contributed by atoms with Gasteiger partial charge in [0.1, 0.15) is 5.15 Å². The molecule has 0 aromatic carbocycles. The van der Waals surface area contributed by atoms with E-state index in [4.69, 9.17) is 17.3 Å². The van der Waals surface area contributed by atoms with Crippen LogP contribution >= 0.6 is 11.6 Å². The van der Waals surface area contributed by atoms with Gasteiger partial charge in [-0.1, -0.05) is 31.4 Å². The van der Waals surface area contributed by atoms with E-state index in [-0.39, 0.29) is 11.1 Å². The largest absolute Gasteiger partial charge is 0.397 e. The van der Waals surface area contributed by atoms with Crippen molar-refractivity contribution in [3.8, 4) is 0 Å². The molecule has 0 bridgehead atoms. The maximum absolute atomic E-state index is 12.5. The molecule has 2 rings (SSSR count). The van der Waals surface area contributed by atoms with E-state index in [2.05, 4.69) is 11.9 Å². The number of halogens is 1. The quantitative estimate of drug-likeness (QED) is 0.870. The lowest BCUT2D eigenvalue weighted by Crippen LogP contribution is -2.32. The Hall–Kier alpha value is -1.29. The van der Waals surface area contributed by atoms with Crippen LogP contribution in [0.2, 0.25) is 5.15 Å². The van der Waals surface area contributed by atoms with Crippen LogP contribution < -0.4 is 5.73 Å². The molecule has 1 aromatic heterocycles. The van der Waals surface area contributed by atoms with Gasteiger partial charge in [0.25, 0.3) is 5.91 Å². The highest BCUT2D eigenvalue weighted by atomic mass is 35.5. The molecule has 5 heteroatoms. The highest BCUT2D eigenvalue weighted by molar-refractivity contribution is 6.32. The first-order valence-corrected chi connectivity index (χ1v) is 7.70. The number of carbonyl (C=O) groups is 1. The van der Waals surface area contributed by atoms with Gasteiger partial charge in [-0.25, -0.2) is 4.98 Å². The van der Waals surface area contributed by atoms with Gasteiger partial charge in [0.15, 0.2) is 0 Å². The van der Waals surface area contributed by atoms with Gasteiger partial charge in [-0.3, -0.25) is 4.79 Å². The number of hydrogen-bond acceptors (Lipinski definition) is 3. The number of carbonyl (C=O) groups excluding carboxylic acids is 1. The summed E-state index contributed by atoms with van der Waals surface area (Å²) in [5, 5.41) is 0.235. The predicted octanol–water partition coefficient (Wildman–Crippen LogP) is 3.36. The molecule has 20 heavy (non-hydrogen) atoms. The number of pyridine rings is 1. The monoisotopic (exact) mass is 295 g/mol. The lowest BCUT2D eigenvalue weighted by Gasteiger charge is -2.21. The molecular weight excluding hydrogens is 274 g/mol. The second kappa shape index (κ2) is 6.93. The van der Waals surface area contributed by atoms with Crippen molar-refractivity contribution in [3.63, 3.8) is 0 Å². The highest BCUT2D eigenvalue weighted by Crippen LogP contribution is 2.24. The number of aromatic nitrogens is 1. The van der Waals surface area contributed by atoms with Gasteiger partial charge >= 0.3 is 0 Å². The first-order valence-electron chi connectivity index (χ1n) is 7.32. The minimum absolute atomic E-state index is 0.0491. The third-order valence-corrected chi connectivity index (χ3v) is 4.22. The average Bonchev–Trinajstić information content (AvgIpc) is 2.67. The Labute approximate surface area is 125 Å². The summed E-state index contributed by atoms with van der Waals surface area (Å²) in [6.07, 6.45) is 7.28. The molecule has 0 radical (unpaired) electrons. The molecule has 0 spiro atoms. The van der Waals surface area contributed by atoms with Crippen LogP contribution in [-0.2, 0) is 0 Å². The average molecular weight is 296 g/mol. The zero-order chi connectivity index (χ0) is 14.5. The van der Waals surface area contributed by atoms with Crippen molar-refractivity contribution in [3.05, 3.63) is 23.0 Å². The van der Waals surface area contributed by atoms with Crippen LogP contribution in [-0.4, -0.2) is 28.9 Å². The van der Waals surface area contributed by atoms with E-state index in [1.165, 1.54) is 25.5 Å². The van der Waals surface area contributed by atoms with Crippen LogP contribution in [0.4, 0.5) is 5.69 Å². The van der Waals surface area contributed by atoms with Crippen LogP contribution in [0.1, 0.15) is 49.4 Å². The second-order valence-corrected chi connectivity index (χ2v) is 5.84. The fraction of sp³-hybridized carbons (Fsp3) is 0.600. The van der Waals surface area contributed by atoms with Crippen molar-refractivity contribution in [2.45, 2.75) is 39.0 Å². The Morgan fingerprint density at radius 2 is 2.30 bits per heavy atom. The number of nitrogen functional groups attached to an aromatic ring is 1. The Bertz CT molecular complexity index is 478. The number of hydrogen-bond donors (Lipinski definition) is 1. The highest BCUT2D eigenvalue weighted by Gasteiger charge is 2.23. The summed E-state index contributed by atoms with van der Waals surface area (Å²) in [6.45, 7) is 3.81. The van der Waals surface area contributed by atoms with E-state index in [9.17, 15) is 4.79 Å². The zero-order valence-electron chi connectivity index (χ0n) is 11.9. The third kappa shape index (κ3) is 3.63.